The van der Waals surface area contributed by atoms with E-state index in [9.17, 15) is 13.2 Å². The Kier molecular flexibility index (Phi) is 3.55. The fourth-order valence-corrected chi connectivity index (χ4v) is 4.36. The number of rotatable bonds is 3. The van der Waals surface area contributed by atoms with Crippen LogP contribution in [0.5, 0.6) is 11.5 Å². The lowest BCUT2D eigenvalue weighted by molar-refractivity contribution is -0.126. The van der Waals surface area contributed by atoms with Gasteiger partial charge in [0.15, 0.2) is 21.3 Å². The summed E-state index contributed by atoms with van der Waals surface area (Å²) in [6, 6.07) is 5.11. The zero-order valence-electron chi connectivity index (χ0n) is 12.6. The van der Waals surface area contributed by atoms with Gasteiger partial charge in [0, 0.05) is 6.04 Å². The van der Waals surface area contributed by atoms with Gasteiger partial charge in [0.1, 0.15) is 0 Å². The molecule has 0 radical (unpaired) electrons. The summed E-state index contributed by atoms with van der Waals surface area (Å²) in [6.45, 7) is 3.80. The fourth-order valence-electron chi connectivity index (χ4n) is 2.69. The van der Waals surface area contributed by atoms with Crippen LogP contribution in [0.25, 0.3) is 0 Å². The molecule has 0 aliphatic carbocycles. The van der Waals surface area contributed by atoms with Crippen molar-refractivity contribution < 1.29 is 22.7 Å². The number of benzene rings is 1. The molecule has 120 valence electrons. The molecular formula is C15H19NO5S. The van der Waals surface area contributed by atoms with Crippen molar-refractivity contribution in [2.45, 2.75) is 31.7 Å². The van der Waals surface area contributed by atoms with E-state index in [1.165, 1.54) is 0 Å². The van der Waals surface area contributed by atoms with Crippen LogP contribution >= 0.6 is 0 Å². The summed E-state index contributed by atoms with van der Waals surface area (Å²) in [7, 11) is -3.01. The average molecular weight is 325 g/mol. The Morgan fingerprint density at radius 1 is 1.27 bits per heavy atom. The molecule has 1 atom stereocenters. The molecule has 2 aliphatic heterocycles. The van der Waals surface area contributed by atoms with E-state index in [4.69, 9.17) is 9.47 Å². The van der Waals surface area contributed by atoms with Gasteiger partial charge < -0.3 is 14.8 Å². The zero-order chi connectivity index (χ0) is 16.0. The summed E-state index contributed by atoms with van der Waals surface area (Å²) >= 11 is 0. The predicted octanol–water partition coefficient (Wildman–Crippen LogP) is 0.996. The molecule has 1 N–H and O–H groups in total. The van der Waals surface area contributed by atoms with Gasteiger partial charge in [-0.3, -0.25) is 4.79 Å². The maximum absolute atomic E-state index is 12.6. The normalized spacial score (nSPS) is 22.5. The number of carbonyl (C=O) groups is 1. The number of carbonyl (C=O) groups excluding carboxylic acids is 1. The van der Waals surface area contributed by atoms with Gasteiger partial charge in [-0.05, 0) is 38.0 Å². The smallest absolute Gasteiger partial charge is 0.231 e. The molecule has 1 unspecified atom stereocenters. The first-order valence-electron chi connectivity index (χ1n) is 7.19. The van der Waals surface area contributed by atoms with Crippen molar-refractivity contribution >= 4 is 15.7 Å². The molecule has 1 fully saturated rings. The van der Waals surface area contributed by atoms with Gasteiger partial charge in [-0.15, -0.1) is 0 Å². The van der Waals surface area contributed by atoms with Crippen molar-refractivity contribution in [2.24, 2.45) is 0 Å². The molecule has 0 spiro atoms. The molecule has 6 nitrogen and oxygen atoms in total. The maximum Gasteiger partial charge on any atom is 0.231 e. The van der Waals surface area contributed by atoms with Gasteiger partial charge in [0.05, 0.1) is 16.9 Å². The molecule has 22 heavy (non-hydrogen) atoms. The van der Waals surface area contributed by atoms with Crippen molar-refractivity contribution in [1.82, 2.24) is 5.32 Å². The number of amides is 1. The van der Waals surface area contributed by atoms with Crippen molar-refractivity contribution in [3.63, 3.8) is 0 Å². The van der Waals surface area contributed by atoms with Crippen molar-refractivity contribution in [1.29, 1.82) is 0 Å². The standard InChI is InChI=1S/C15H19NO5S/c1-15(2,10-3-4-12-13(7-10)21-9-20-12)14(17)16-11-5-6-22(18,19)8-11/h3-4,7,11H,5-6,8-9H2,1-2H3,(H,16,17). The minimum absolute atomic E-state index is 0.0238. The third kappa shape index (κ3) is 2.77. The topological polar surface area (TPSA) is 81.7 Å². The highest BCUT2D eigenvalue weighted by Gasteiger charge is 2.35. The minimum Gasteiger partial charge on any atom is -0.454 e. The first kappa shape index (κ1) is 15.1. The second-order valence-electron chi connectivity index (χ2n) is 6.27. The number of hydrogen-bond donors (Lipinski definition) is 1. The highest BCUT2D eigenvalue weighted by molar-refractivity contribution is 7.91. The van der Waals surface area contributed by atoms with Crippen LogP contribution in [0.15, 0.2) is 18.2 Å². The molecular weight excluding hydrogens is 306 g/mol. The molecule has 2 aliphatic rings. The van der Waals surface area contributed by atoms with Crippen molar-refractivity contribution in [3.8, 4) is 11.5 Å². The molecule has 3 rings (SSSR count). The summed E-state index contributed by atoms with van der Waals surface area (Å²) < 4.78 is 33.6. The molecule has 0 bridgehead atoms. The molecule has 1 aromatic carbocycles. The van der Waals surface area contributed by atoms with E-state index in [2.05, 4.69) is 5.32 Å². The van der Waals surface area contributed by atoms with Crippen LogP contribution in [0.3, 0.4) is 0 Å². The van der Waals surface area contributed by atoms with Crippen LogP contribution in [-0.4, -0.2) is 38.7 Å². The Bertz CT molecular complexity index is 711. The molecule has 0 aromatic heterocycles. The first-order valence-corrected chi connectivity index (χ1v) is 9.01. The minimum atomic E-state index is -3.01. The Morgan fingerprint density at radius 2 is 2.00 bits per heavy atom. The van der Waals surface area contributed by atoms with E-state index < -0.39 is 15.3 Å². The average Bonchev–Trinajstić information content (AvgIpc) is 3.03. The highest BCUT2D eigenvalue weighted by Crippen LogP contribution is 2.36. The molecule has 1 aromatic rings. The number of fused-ring (bicyclic) bond motifs is 1. The number of hydrogen-bond acceptors (Lipinski definition) is 5. The first-order chi connectivity index (χ1) is 10.3. The summed E-state index contributed by atoms with van der Waals surface area (Å²) in [5.41, 5.74) is 0.0166. The number of sulfone groups is 1. The van der Waals surface area contributed by atoms with E-state index in [1.807, 2.05) is 19.9 Å². The summed E-state index contributed by atoms with van der Waals surface area (Å²) in [5.74, 6) is 1.27. The number of ether oxygens (including phenoxy) is 2. The Hall–Kier alpha value is -1.76. The lowest BCUT2D eigenvalue weighted by atomic mass is 9.83. The second-order valence-corrected chi connectivity index (χ2v) is 8.50. The molecule has 0 saturated carbocycles. The lowest BCUT2D eigenvalue weighted by Crippen LogP contribution is -2.45. The van der Waals surface area contributed by atoms with Gasteiger partial charge in [-0.25, -0.2) is 8.42 Å². The van der Waals surface area contributed by atoms with Gasteiger partial charge >= 0.3 is 0 Å². The van der Waals surface area contributed by atoms with Gasteiger partial charge in [0.2, 0.25) is 12.7 Å². The van der Waals surface area contributed by atoms with Crippen LogP contribution in [-0.2, 0) is 20.0 Å². The van der Waals surface area contributed by atoms with E-state index in [0.29, 0.717) is 17.9 Å². The molecule has 1 amide bonds. The van der Waals surface area contributed by atoms with Gasteiger partial charge in [-0.2, -0.15) is 0 Å². The van der Waals surface area contributed by atoms with E-state index in [0.717, 1.165) is 5.56 Å². The van der Waals surface area contributed by atoms with Crippen LogP contribution in [0.4, 0.5) is 0 Å². The lowest BCUT2D eigenvalue weighted by Gasteiger charge is -2.26. The molecule has 7 heteroatoms. The third-order valence-electron chi connectivity index (χ3n) is 4.23. The highest BCUT2D eigenvalue weighted by atomic mass is 32.2. The zero-order valence-corrected chi connectivity index (χ0v) is 13.4. The largest absolute Gasteiger partial charge is 0.454 e. The SMILES string of the molecule is CC(C)(C(=O)NC1CCS(=O)(=O)C1)c1ccc2c(c1)OCO2. The predicted molar refractivity (Wildman–Crippen MR) is 80.8 cm³/mol. The van der Waals surface area contributed by atoms with Gasteiger partial charge in [-0.1, -0.05) is 6.07 Å². The second kappa shape index (κ2) is 5.15. The summed E-state index contributed by atoms with van der Waals surface area (Å²) in [5, 5.41) is 2.85. The van der Waals surface area contributed by atoms with Gasteiger partial charge in [0.25, 0.3) is 0 Å². The van der Waals surface area contributed by atoms with Crippen molar-refractivity contribution in [2.75, 3.05) is 18.3 Å². The van der Waals surface area contributed by atoms with Crippen molar-refractivity contribution in [3.05, 3.63) is 23.8 Å². The quantitative estimate of drug-likeness (QED) is 0.896. The maximum atomic E-state index is 12.6. The van der Waals surface area contributed by atoms with E-state index >= 15 is 0 Å². The van der Waals surface area contributed by atoms with Crippen LogP contribution in [0.1, 0.15) is 25.8 Å². The summed E-state index contributed by atoms with van der Waals surface area (Å²) in [6.07, 6.45) is 0.477. The van der Waals surface area contributed by atoms with Crippen LogP contribution in [0.2, 0.25) is 0 Å². The fraction of sp³-hybridized carbons (Fsp3) is 0.533. The number of nitrogens with one attached hydrogen (secondary N) is 1. The molecule has 2 heterocycles. The third-order valence-corrected chi connectivity index (χ3v) is 6.00. The Morgan fingerprint density at radius 3 is 2.68 bits per heavy atom. The summed E-state index contributed by atoms with van der Waals surface area (Å²) in [4.78, 5) is 12.6. The van der Waals surface area contributed by atoms with E-state index in [1.54, 1.807) is 12.1 Å². The molecule has 1 saturated heterocycles. The monoisotopic (exact) mass is 325 g/mol. The van der Waals surface area contributed by atoms with Crippen LogP contribution in [0, 0.1) is 0 Å². The Balaban J connectivity index is 1.76. The van der Waals surface area contributed by atoms with Crippen LogP contribution < -0.4 is 14.8 Å². The van der Waals surface area contributed by atoms with E-state index in [-0.39, 0.29) is 30.2 Å². The Labute approximate surface area is 129 Å².